The molecule has 2 aliphatic heterocycles. The van der Waals surface area contributed by atoms with E-state index < -0.39 is 0 Å². The predicted molar refractivity (Wildman–Crippen MR) is 120 cm³/mol. The van der Waals surface area contributed by atoms with Crippen molar-refractivity contribution in [1.82, 2.24) is 20.0 Å². The van der Waals surface area contributed by atoms with Gasteiger partial charge in [-0.05, 0) is 31.0 Å². The van der Waals surface area contributed by atoms with Crippen molar-refractivity contribution in [3.63, 3.8) is 0 Å². The summed E-state index contributed by atoms with van der Waals surface area (Å²) < 4.78 is 5.53. The first kappa shape index (κ1) is 22.1. The highest BCUT2D eigenvalue weighted by Gasteiger charge is 2.19. The fourth-order valence-corrected chi connectivity index (χ4v) is 4.20. The predicted octanol–water partition coefficient (Wildman–Crippen LogP) is 2.26. The molecule has 0 spiro atoms. The summed E-state index contributed by atoms with van der Waals surface area (Å²) in [6, 6.07) is 8.79. The van der Waals surface area contributed by atoms with Gasteiger partial charge in [0.25, 0.3) is 0 Å². The van der Waals surface area contributed by atoms with Gasteiger partial charge in [0.2, 0.25) is 0 Å². The highest BCUT2D eigenvalue weighted by molar-refractivity contribution is 5.79. The third-order valence-corrected chi connectivity index (χ3v) is 6.08. The minimum Gasteiger partial charge on any atom is -0.381 e. The van der Waals surface area contributed by atoms with Gasteiger partial charge in [-0.2, -0.15) is 0 Å². The molecule has 1 unspecified atom stereocenters. The molecule has 6 heteroatoms. The second kappa shape index (κ2) is 11.5. The lowest BCUT2D eigenvalue weighted by molar-refractivity contribution is 0.131. The van der Waals surface area contributed by atoms with Crippen molar-refractivity contribution in [1.29, 1.82) is 0 Å². The molecule has 0 aromatic heterocycles. The molecule has 1 N–H and O–H groups in total. The maximum absolute atomic E-state index is 5.53. The summed E-state index contributed by atoms with van der Waals surface area (Å²) in [6.07, 6.45) is 1.15. The molecular weight excluding hydrogens is 362 g/mol. The van der Waals surface area contributed by atoms with Gasteiger partial charge in [0, 0.05) is 65.4 Å². The number of likely N-dealkylation sites (N-methyl/N-ethyl adjacent to an activating group) is 1. The van der Waals surface area contributed by atoms with Crippen LogP contribution in [-0.2, 0) is 17.8 Å². The van der Waals surface area contributed by atoms with Crippen molar-refractivity contribution in [3.05, 3.63) is 35.4 Å². The van der Waals surface area contributed by atoms with Crippen LogP contribution in [0.3, 0.4) is 0 Å². The average molecular weight is 402 g/mol. The van der Waals surface area contributed by atoms with Crippen molar-refractivity contribution in [2.75, 3.05) is 66.1 Å². The fourth-order valence-electron chi connectivity index (χ4n) is 4.20. The number of nitrogens with zero attached hydrogens (tertiary/aromatic N) is 4. The molecule has 2 heterocycles. The van der Waals surface area contributed by atoms with Crippen molar-refractivity contribution in [3.8, 4) is 0 Å². The summed E-state index contributed by atoms with van der Waals surface area (Å²) in [5, 5.41) is 3.46. The topological polar surface area (TPSA) is 43.3 Å². The van der Waals surface area contributed by atoms with Crippen LogP contribution in [0.25, 0.3) is 0 Å². The van der Waals surface area contributed by atoms with E-state index in [9.17, 15) is 0 Å². The zero-order valence-corrected chi connectivity index (χ0v) is 18.6. The second-order valence-corrected chi connectivity index (χ2v) is 8.26. The Bertz CT molecular complexity index is 636. The number of hydrogen-bond acceptors (Lipinski definition) is 4. The van der Waals surface area contributed by atoms with Gasteiger partial charge in [-0.1, -0.05) is 31.2 Å². The number of hydrogen-bond donors (Lipinski definition) is 1. The molecule has 162 valence electrons. The number of ether oxygens (including phenoxy) is 1. The lowest BCUT2D eigenvalue weighted by atomic mass is 10.1. The van der Waals surface area contributed by atoms with E-state index in [0.29, 0.717) is 5.92 Å². The van der Waals surface area contributed by atoms with Gasteiger partial charge in [0.1, 0.15) is 0 Å². The number of piperazine rings is 1. The van der Waals surface area contributed by atoms with E-state index in [1.165, 1.54) is 24.2 Å². The molecule has 1 aromatic carbocycles. The summed E-state index contributed by atoms with van der Waals surface area (Å²) in [4.78, 5) is 12.3. The third-order valence-electron chi connectivity index (χ3n) is 6.08. The first-order chi connectivity index (χ1) is 14.2. The van der Waals surface area contributed by atoms with Crippen molar-refractivity contribution >= 4 is 5.96 Å². The van der Waals surface area contributed by atoms with Gasteiger partial charge >= 0.3 is 0 Å². The largest absolute Gasteiger partial charge is 0.381 e. The van der Waals surface area contributed by atoms with E-state index in [-0.39, 0.29) is 0 Å². The summed E-state index contributed by atoms with van der Waals surface area (Å²) >= 11 is 0. The standard InChI is InChI=1S/C23H39N5O/c1-4-24-23(26(3)17-20-10-15-29-19-20)25-16-21-8-6-7-9-22(21)18-28-13-11-27(5-2)12-14-28/h6-9,20H,4-5,10-19H2,1-3H3,(H,24,25). The maximum atomic E-state index is 5.53. The van der Waals surface area contributed by atoms with Gasteiger partial charge in [0.15, 0.2) is 5.96 Å². The summed E-state index contributed by atoms with van der Waals surface area (Å²) in [6.45, 7) is 15.6. The van der Waals surface area contributed by atoms with E-state index in [1.54, 1.807) is 0 Å². The Hall–Kier alpha value is -1.63. The lowest BCUT2D eigenvalue weighted by Gasteiger charge is -2.34. The molecule has 2 aliphatic rings. The highest BCUT2D eigenvalue weighted by Crippen LogP contribution is 2.16. The molecule has 6 nitrogen and oxygen atoms in total. The molecule has 29 heavy (non-hydrogen) atoms. The number of benzene rings is 1. The molecule has 2 saturated heterocycles. The molecule has 0 bridgehead atoms. The van der Waals surface area contributed by atoms with Crippen LogP contribution >= 0.6 is 0 Å². The lowest BCUT2D eigenvalue weighted by Crippen LogP contribution is -2.45. The third kappa shape index (κ3) is 6.69. The molecule has 3 rings (SSSR count). The normalized spacial score (nSPS) is 21.5. The average Bonchev–Trinajstić information content (AvgIpc) is 3.25. The van der Waals surface area contributed by atoms with Gasteiger partial charge in [-0.3, -0.25) is 4.90 Å². The Morgan fingerprint density at radius 1 is 1.14 bits per heavy atom. The van der Waals surface area contributed by atoms with E-state index >= 15 is 0 Å². The van der Waals surface area contributed by atoms with E-state index in [2.05, 4.69) is 65.2 Å². The smallest absolute Gasteiger partial charge is 0.193 e. The van der Waals surface area contributed by atoms with Crippen molar-refractivity contribution < 1.29 is 4.74 Å². The minimum absolute atomic E-state index is 0.609. The summed E-state index contributed by atoms with van der Waals surface area (Å²) in [7, 11) is 2.14. The Labute approximate surface area is 176 Å². The molecule has 0 saturated carbocycles. The maximum Gasteiger partial charge on any atom is 0.193 e. The Morgan fingerprint density at radius 3 is 2.52 bits per heavy atom. The zero-order chi connectivity index (χ0) is 20.5. The molecule has 2 fully saturated rings. The van der Waals surface area contributed by atoms with Crippen LogP contribution in [0.4, 0.5) is 0 Å². The van der Waals surface area contributed by atoms with Gasteiger partial charge in [-0.15, -0.1) is 0 Å². The van der Waals surface area contributed by atoms with E-state index in [1.807, 2.05) is 0 Å². The number of aliphatic imine (C=N–C) groups is 1. The van der Waals surface area contributed by atoms with Crippen LogP contribution in [0.5, 0.6) is 0 Å². The van der Waals surface area contributed by atoms with Crippen molar-refractivity contribution in [2.24, 2.45) is 10.9 Å². The molecular formula is C23H39N5O. The van der Waals surface area contributed by atoms with Crippen LogP contribution in [-0.4, -0.2) is 86.7 Å². The molecule has 1 aromatic rings. The van der Waals surface area contributed by atoms with Crippen LogP contribution < -0.4 is 5.32 Å². The molecule has 0 radical (unpaired) electrons. The number of nitrogens with one attached hydrogen (secondary N) is 1. The fraction of sp³-hybridized carbons (Fsp3) is 0.696. The Kier molecular flexibility index (Phi) is 8.77. The second-order valence-electron chi connectivity index (χ2n) is 8.26. The summed E-state index contributed by atoms with van der Waals surface area (Å²) in [5.41, 5.74) is 2.74. The van der Waals surface area contributed by atoms with Gasteiger partial charge in [-0.25, -0.2) is 4.99 Å². The Morgan fingerprint density at radius 2 is 1.86 bits per heavy atom. The number of guanidine groups is 1. The quantitative estimate of drug-likeness (QED) is 0.535. The van der Waals surface area contributed by atoms with E-state index in [0.717, 1.165) is 71.4 Å². The molecule has 1 atom stereocenters. The van der Waals surface area contributed by atoms with Crippen LogP contribution in [0, 0.1) is 5.92 Å². The highest BCUT2D eigenvalue weighted by atomic mass is 16.5. The first-order valence-electron chi connectivity index (χ1n) is 11.3. The van der Waals surface area contributed by atoms with E-state index in [4.69, 9.17) is 9.73 Å². The molecule has 0 aliphatic carbocycles. The minimum atomic E-state index is 0.609. The number of rotatable bonds is 8. The SMILES string of the molecule is CCNC(=NCc1ccccc1CN1CCN(CC)CC1)N(C)CC1CCOC1. The van der Waals surface area contributed by atoms with Crippen LogP contribution in [0.15, 0.2) is 29.3 Å². The molecule has 0 amide bonds. The monoisotopic (exact) mass is 401 g/mol. The van der Waals surface area contributed by atoms with Crippen LogP contribution in [0.1, 0.15) is 31.4 Å². The van der Waals surface area contributed by atoms with Crippen molar-refractivity contribution in [2.45, 2.75) is 33.4 Å². The summed E-state index contributed by atoms with van der Waals surface area (Å²) in [5.74, 6) is 1.60. The van der Waals surface area contributed by atoms with Crippen LogP contribution in [0.2, 0.25) is 0 Å². The zero-order valence-electron chi connectivity index (χ0n) is 18.6. The first-order valence-corrected chi connectivity index (χ1v) is 11.3. The Balaban J connectivity index is 1.61. The van der Waals surface area contributed by atoms with Gasteiger partial charge in [0.05, 0.1) is 13.2 Å². The van der Waals surface area contributed by atoms with Gasteiger partial charge < -0.3 is 19.9 Å².